The van der Waals surface area contributed by atoms with Gasteiger partial charge in [0.15, 0.2) is 0 Å². The van der Waals surface area contributed by atoms with Gasteiger partial charge in [0.1, 0.15) is 21.8 Å². The molecular weight excluding hydrogens is 494 g/mol. The fourth-order valence-corrected chi connectivity index (χ4v) is 5.15. The first-order chi connectivity index (χ1) is 16.8. The van der Waals surface area contributed by atoms with Gasteiger partial charge in [-0.1, -0.05) is 30.0 Å². The fraction of sp³-hybridized carbons (Fsp3) is 0.364. The number of fused-ring (bicyclic) bond motifs is 1. The smallest absolute Gasteiger partial charge is 0.308 e. The van der Waals surface area contributed by atoms with E-state index in [9.17, 15) is 19.2 Å². The molecule has 4 heterocycles. The van der Waals surface area contributed by atoms with Crippen LogP contribution in [0.15, 0.2) is 34.1 Å². The number of ether oxygens (including phenoxy) is 2. The van der Waals surface area contributed by atoms with E-state index in [1.807, 2.05) is 0 Å². The minimum atomic E-state index is -0.933. The molecule has 13 heteroatoms. The van der Waals surface area contributed by atoms with Crippen molar-refractivity contribution in [3.63, 3.8) is 0 Å². The number of thioether (sulfide) groups is 1. The Morgan fingerprint density at radius 1 is 1.31 bits per heavy atom. The highest BCUT2D eigenvalue weighted by Gasteiger charge is 2.36. The van der Waals surface area contributed by atoms with Crippen molar-refractivity contribution < 1.29 is 23.9 Å². The molecule has 2 aromatic heterocycles. The topological polar surface area (TPSA) is 123 Å². The molecule has 0 aromatic carbocycles. The average Bonchev–Trinajstić information content (AvgIpc) is 3.12. The Morgan fingerprint density at radius 3 is 2.86 bits per heavy atom. The number of carbonyl (C=O) groups is 3. The van der Waals surface area contributed by atoms with Gasteiger partial charge in [-0.2, -0.15) is 0 Å². The number of aromatic nitrogens is 2. The summed E-state index contributed by atoms with van der Waals surface area (Å²) in [6.07, 6.45) is 2.80. The van der Waals surface area contributed by atoms with Crippen LogP contribution in [0.2, 0.25) is 0 Å². The van der Waals surface area contributed by atoms with E-state index in [0.29, 0.717) is 29.7 Å². The zero-order valence-electron chi connectivity index (χ0n) is 19.1. The van der Waals surface area contributed by atoms with E-state index >= 15 is 0 Å². The van der Waals surface area contributed by atoms with Crippen LogP contribution < -0.4 is 15.8 Å². The predicted octanol–water partition coefficient (Wildman–Crippen LogP) is 0.410. The number of thiocarbonyl (C=S) groups is 1. The zero-order chi connectivity index (χ0) is 25.1. The highest BCUT2D eigenvalue weighted by molar-refractivity contribution is 8.26. The van der Waals surface area contributed by atoms with Gasteiger partial charge in [-0.3, -0.25) is 28.5 Å². The van der Waals surface area contributed by atoms with Crippen LogP contribution in [-0.4, -0.2) is 82.9 Å². The van der Waals surface area contributed by atoms with Crippen molar-refractivity contribution in [1.82, 2.24) is 19.6 Å². The molecule has 35 heavy (non-hydrogen) atoms. The lowest BCUT2D eigenvalue weighted by molar-refractivity contribution is -0.143. The SMILES string of the molecule is COCCN1C(=O)C(=Cc2c(N3CCNC(=O)C3CC(=O)OC)nc3ccccn3c2=O)SC1=S. The third kappa shape index (κ3) is 4.92. The molecule has 2 amide bonds. The number of anilines is 1. The quantitative estimate of drug-likeness (QED) is 0.314. The molecule has 2 aromatic rings. The first-order valence-corrected chi connectivity index (χ1v) is 11.9. The number of nitrogens with zero attached hydrogens (tertiary/aromatic N) is 4. The van der Waals surface area contributed by atoms with Gasteiger partial charge < -0.3 is 19.7 Å². The van der Waals surface area contributed by atoms with Crippen molar-refractivity contribution in [3.05, 3.63) is 45.2 Å². The molecule has 2 aliphatic heterocycles. The maximum absolute atomic E-state index is 13.6. The van der Waals surface area contributed by atoms with E-state index in [4.69, 9.17) is 21.7 Å². The predicted molar refractivity (Wildman–Crippen MR) is 134 cm³/mol. The van der Waals surface area contributed by atoms with E-state index < -0.39 is 17.6 Å². The Morgan fingerprint density at radius 2 is 2.11 bits per heavy atom. The van der Waals surface area contributed by atoms with E-state index in [2.05, 4.69) is 10.3 Å². The standard InChI is InChI=1S/C22H23N5O6S2/c1-32-10-9-27-21(31)15(35-22(27)34)11-13-18(24-16-5-3-4-7-26(16)20(13)30)25-8-6-23-19(29)14(25)12-17(28)33-2/h3-5,7,11,14H,6,8-10,12H2,1-2H3,(H,23,29). The van der Waals surface area contributed by atoms with Crippen molar-refractivity contribution in [2.75, 3.05) is 45.4 Å². The van der Waals surface area contributed by atoms with Crippen LogP contribution >= 0.6 is 24.0 Å². The highest BCUT2D eigenvalue weighted by Crippen LogP contribution is 2.34. The summed E-state index contributed by atoms with van der Waals surface area (Å²) in [7, 11) is 2.77. The van der Waals surface area contributed by atoms with Gasteiger partial charge in [0.25, 0.3) is 11.5 Å². The van der Waals surface area contributed by atoms with Gasteiger partial charge in [-0.15, -0.1) is 0 Å². The first-order valence-electron chi connectivity index (χ1n) is 10.7. The largest absolute Gasteiger partial charge is 0.469 e. The van der Waals surface area contributed by atoms with Crippen LogP contribution in [0.4, 0.5) is 5.82 Å². The summed E-state index contributed by atoms with van der Waals surface area (Å²) in [4.78, 5) is 59.2. The molecule has 2 saturated heterocycles. The molecule has 11 nitrogen and oxygen atoms in total. The number of esters is 1. The second kappa shape index (κ2) is 10.5. The highest BCUT2D eigenvalue weighted by atomic mass is 32.2. The number of rotatable bonds is 7. The molecule has 1 N–H and O–H groups in total. The molecule has 1 atom stereocenters. The number of pyridine rings is 1. The lowest BCUT2D eigenvalue weighted by Gasteiger charge is -2.36. The summed E-state index contributed by atoms with van der Waals surface area (Å²) in [5.74, 6) is -1.10. The molecule has 0 aliphatic carbocycles. The monoisotopic (exact) mass is 517 g/mol. The Labute approximate surface area is 210 Å². The molecule has 1 unspecified atom stereocenters. The van der Waals surface area contributed by atoms with E-state index in [1.54, 1.807) is 29.3 Å². The van der Waals surface area contributed by atoms with Crippen LogP contribution in [-0.2, 0) is 23.9 Å². The molecule has 2 fully saturated rings. The number of methoxy groups -OCH3 is 2. The lowest BCUT2D eigenvalue weighted by atomic mass is 10.1. The van der Waals surface area contributed by atoms with Gasteiger partial charge in [-0.05, 0) is 18.2 Å². The maximum Gasteiger partial charge on any atom is 0.308 e. The summed E-state index contributed by atoms with van der Waals surface area (Å²) < 4.78 is 11.5. The zero-order valence-corrected chi connectivity index (χ0v) is 20.7. The van der Waals surface area contributed by atoms with Crippen LogP contribution in [0.3, 0.4) is 0 Å². The number of hydrogen-bond donors (Lipinski definition) is 1. The molecule has 2 aliphatic rings. The number of piperazine rings is 1. The van der Waals surface area contributed by atoms with Gasteiger partial charge in [0.2, 0.25) is 5.91 Å². The minimum absolute atomic E-state index is 0.116. The summed E-state index contributed by atoms with van der Waals surface area (Å²) >= 11 is 6.42. The number of amides is 2. The van der Waals surface area contributed by atoms with Gasteiger partial charge in [0, 0.05) is 26.4 Å². The Balaban J connectivity index is 1.85. The van der Waals surface area contributed by atoms with E-state index in [0.717, 1.165) is 11.8 Å². The number of hydrogen-bond acceptors (Lipinski definition) is 10. The molecule has 184 valence electrons. The van der Waals surface area contributed by atoms with Gasteiger partial charge in [-0.25, -0.2) is 4.98 Å². The lowest BCUT2D eigenvalue weighted by Crippen LogP contribution is -2.57. The van der Waals surface area contributed by atoms with Crippen molar-refractivity contribution in [2.24, 2.45) is 0 Å². The second-order valence-corrected chi connectivity index (χ2v) is 9.37. The molecular formula is C22H23N5O6S2. The summed E-state index contributed by atoms with van der Waals surface area (Å²) in [6.45, 7) is 1.19. The molecule has 0 spiro atoms. The van der Waals surface area contributed by atoms with Crippen LogP contribution in [0.1, 0.15) is 12.0 Å². The summed E-state index contributed by atoms with van der Waals surface area (Å²) in [5, 5.41) is 2.74. The molecule has 0 bridgehead atoms. The average molecular weight is 518 g/mol. The number of carbonyl (C=O) groups excluding carboxylic acids is 3. The minimum Gasteiger partial charge on any atom is -0.469 e. The van der Waals surface area contributed by atoms with Gasteiger partial charge >= 0.3 is 5.97 Å². The summed E-state index contributed by atoms with van der Waals surface area (Å²) in [6, 6.07) is 4.16. The van der Waals surface area contributed by atoms with Gasteiger partial charge in [0.05, 0.1) is 37.2 Å². The van der Waals surface area contributed by atoms with Crippen LogP contribution in [0, 0.1) is 0 Å². The van der Waals surface area contributed by atoms with E-state index in [1.165, 1.54) is 29.6 Å². The van der Waals surface area contributed by atoms with Crippen LogP contribution in [0.5, 0.6) is 0 Å². The number of nitrogens with one attached hydrogen (secondary N) is 1. The Bertz CT molecular complexity index is 1290. The fourth-order valence-electron chi connectivity index (χ4n) is 3.86. The third-order valence-corrected chi connectivity index (χ3v) is 6.99. The van der Waals surface area contributed by atoms with Crippen molar-refractivity contribution in [3.8, 4) is 0 Å². The van der Waals surface area contributed by atoms with Crippen molar-refractivity contribution in [2.45, 2.75) is 12.5 Å². The molecule has 4 rings (SSSR count). The molecule has 0 radical (unpaired) electrons. The van der Waals surface area contributed by atoms with Crippen molar-refractivity contribution >= 4 is 63.6 Å². The molecule has 0 saturated carbocycles. The third-order valence-electron chi connectivity index (χ3n) is 5.61. The normalized spacial score (nSPS) is 19.5. The summed E-state index contributed by atoms with van der Waals surface area (Å²) in [5.41, 5.74) is 0.0566. The Kier molecular flexibility index (Phi) is 7.48. The second-order valence-electron chi connectivity index (χ2n) is 7.69. The first kappa shape index (κ1) is 24.8. The van der Waals surface area contributed by atoms with Crippen LogP contribution in [0.25, 0.3) is 11.7 Å². The van der Waals surface area contributed by atoms with E-state index in [-0.39, 0.29) is 41.1 Å². The van der Waals surface area contributed by atoms with Crippen molar-refractivity contribution in [1.29, 1.82) is 0 Å². The Hall–Kier alpha value is -3.29. The maximum atomic E-state index is 13.6.